The molecule has 0 saturated carbocycles. The molecule has 0 saturated heterocycles. The average Bonchev–Trinajstić information content (AvgIpc) is 2.18. The number of nitrogens with zero attached hydrogens (tertiary/aromatic N) is 2. The van der Waals surface area contributed by atoms with Gasteiger partial charge < -0.3 is 4.90 Å². The fraction of sp³-hybridized carbons (Fsp3) is 0.500. The first kappa shape index (κ1) is 14.3. The van der Waals surface area contributed by atoms with E-state index in [0.717, 1.165) is 0 Å². The lowest BCUT2D eigenvalue weighted by molar-refractivity contribution is 0.0745. The van der Waals surface area contributed by atoms with Crippen molar-refractivity contribution >= 4 is 29.1 Å². The van der Waals surface area contributed by atoms with Crippen molar-refractivity contribution < 1.29 is 4.79 Å². The summed E-state index contributed by atoms with van der Waals surface area (Å²) in [7, 11) is 1.75. The van der Waals surface area contributed by atoms with Crippen molar-refractivity contribution in [1.82, 2.24) is 9.88 Å². The van der Waals surface area contributed by atoms with Gasteiger partial charge in [0.1, 0.15) is 5.15 Å². The normalized spacial score (nSPS) is 11.4. The lowest BCUT2D eigenvalue weighted by Crippen LogP contribution is -2.34. The van der Waals surface area contributed by atoms with Gasteiger partial charge in [0.2, 0.25) is 0 Å². The summed E-state index contributed by atoms with van der Waals surface area (Å²) >= 11 is 11.7. The van der Waals surface area contributed by atoms with Gasteiger partial charge in [-0.15, -0.1) is 0 Å². The van der Waals surface area contributed by atoms with E-state index < -0.39 is 0 Å². The second-order valence-corrected chi connectivity index (χ2v) is 6.00. The monoisotopic (exact) mass is 274 g/mol. The third-order valence-corrected chi connectivity index (χ3v) is 2.62. The maximum atomic E-state index is 12.2. The molecule has 0 bridgehead atoms. The van der Waals surface area contributed by atoms with E-state index in [2.05, 4.69) is 25.8 Å². The number of aromatic nitrogens is 1. The smallest absolute Gasteiger partial charge is 0.255 e. The van der Waals surface area contributed by atoms with Crippen molar-refractivity contribution in [2.24, 2.45) is 5.41 Å². The molecule has 0 aliphatic heterocycles. The Balaban J connectivity index is 2.93. The fourth-order valence-corrected chi connectivity index (χ4v) is 1.91. The summed E-state index contributed by atoms with van der Waals surface area (Å²) in [6, 6.07) is 1.49. The van der Waals surface area contributed by atoms with Gasteiger partial charge in [-0.25, -0.2) is 4.98 Å². The molecule has 0 fully saturated rings. The van der Waals surface area contributed by atoms with E-state index in [9.17, 15) is 4.79 Å². The highest BCUT2D eigenvalue weighted by molar-refractivity contribution is 6.35. The Morgan fingerprint density at radius 1 is 1.41 bits per heavy atom. The van der Waals surface area contributed by atoms with Gasteiger partial charge in [0, 0.05) is 19.8 Å². The number of amides is 1. The molecule has 0 N–H and O–H groups in total. The Bertz CT molecular complexity index is 427. The molecule has 94 valence electrons. The number of pyridine rings is 1. The standard InChI is InChI=1S/C12H16Cl2N2O/c1-12(2,3)7-16(4)11(17)8-5-10(14)15-6-9(8)13/h5-6H,7H2,1-4H3. The molecular weight excluding hydrogens is 259 g/mol. The Labute approximate surface area is 112 Å². The summed E-state index contributed by atoms with van der Waals surface area (Å²) in [5, 5.41) is 0.585. The van der Waals surface area contributed by atoms with Crippen LogP contribution in [0.15, 0.2) is 12.3 Å². The number of carbonyl (C=O) groups excluding carboxylic acids is 1. The summed E-state index contributed by atoms with van der Waals surface area (Å²) in [5.74, 6) is -0.144. The molecule has 17 heavy (non-hydrogen) atoms. The minimum atomic E-state index is -0.144. The highest BCUT2D eigenvalue weighted by atomic mass is 35.5. The van der Waals surface area contributed by atoms with Crippen LogP contribution in [0.25, 0.3) is 0 Å². The lowest BCUT2D eigenvalue weighted by atomic mass is 9.96. The van der Waals surface area contributed by atoms with Crippen LogP contribution in [-0.4, -0.2) is 29.4 Å². The minimum absolute atomic E-state index is 0.0354. The van der Waals surface area contributed by atoms with Gasteiger partial charge in [0.15, 0.2) is 0 Å². The second kappa shape index (κ2) is 5.23. The van der Waals surface area contributed by atoms with Crippen molar-refractivity contribution in [2.75, 3.05) is 13.6 Å². The van der Waals surface area contributed by atoms with Gasteiger partial charge in [-0.2, -0.15) is 0 Å². The Morgan fingerprint density at radius 2 is 2.00 bits per heavy atom. The SMILES string of the molecule is CN(CC(C)(C)C)C(=O)c1cc(Cl)ncc1Cl. The van der Waals surface area contributed by atoms with Crippen molar-refractivity contribution in [1.29, 1.82) is 0 Å². The van der Waals surface area contributed by atoms with E-state index in [1.54, 1.807) is 11.9 Å². The number of rotatable bonds is 2. The van der Waals surface area contributed by atoms with Gasteiger partial charge in [-0.05, 0) is 11.5 Å². The van der Waals surface area contributed by atoms with E-state index in [1.165, 1.54) is 12.3 Å². The minimum Gasteiger partial charge on any atom is -0.341 e. The predicted octanol–water partition coefficient (Wildman–Crippen LogP) is 3.51. The Kier molecular flexibility index (Phi) is 4.39. The Hall–Kier alpha value is -0.800. The molecule has 1 rings (SSSR count). The first-order valence-electron chi connectivity index (χ1n) is 5.27. The first-order chi connectivity index (χ1) is 7.70. The third-order valence-electron chi connectivity index (χ3n) is 2.11. The number of carbonyl (C=O) groups is 1. The van der Waals surface area contributed by atoms with Gasteiger partial charge in [0.05, 0.1) is 10.6 Å². The molecule has 1 aromatic heterocycles. The van der Waals surface area contributed by atoms with Crippen LogP contribution in [-0.2, 0) is 0 Å². The first-order valence-corrected chi connectivity index (χ1v) is 6.03. The molecule has 0 aliphatic rings. The zero-order valence-electron chi connectivity index (χ0n) is 10.4. The summed E-state index contributed by atoms with van der Waals surface area (Å²) in [6.45, 7) is 6.84. The van der Waals surface area contributed by atoms with E-state index in [1.807, 2.05) is 0 Å². The van der Waals surface area contributed by atoms with E-state index in [4.69, 9.17) is 23.2 Å². The van der Waals surface area contributed by atoms with Crippen LogP contribution in [0, 0.1) is 5.41 Å². The maximum absolute atomic E-state index is 12.2. The molecular formula is C12H16Cl2N2O. The van der Waals surface area contributed by atoms with Crippen LogP contribution in [0.2, 0.25) is 10.2 Å². The fourth-order valence-electron chi connectivity index (χ4n) is 1.57. The van der Waals surface area contributed by atoms with Gasteiger partial charge in [-0.1, -0.05) is 44.0 Å². The topological polar surface area (TPSA) is 33.2 Å². The van der Waals surface area contributed by atoms with E-state index in [-0.39, 0.29) is 16.5 Å². The van der Waals surface area contributed by atoms with Gasteiger partial charge in [-0.3, -0.25) is 4.79 Å². The van der Waals surface area contributed by atoms with Crippen LogP contribution in [0.5, 0.6) is 0 Å². The molecule has 3 nitrogen and oxygen atoms in total. The summed E-state index contributed by atoms with van der Waals surface area (Å²) in [6.07, 6.45) is 1.39. The molecule has 0 aliphatic carbocycles. The number of hydrogen-bond acceptors (Lipinski definition) is 2. The Morgan fingerprint density at radius 3 is 2.53 bits per heavy atom. The molecule has 1 amide bonds. The molecule has 0 atom stereocenters. The molecule has 0 aromatic carbocycles. The van der Waals surface area contributed by atoms with Gasteiger partial charge >= 0.3 is 0 Å². The summed E-state index contributed by atoms with van der Waals surface area (Å²) in [5.41, 5.74) is 0.423. The summed E-state index contributed by atoms with van der Waals surface area (Å²) in [4.78, 5) is 17.6. The number of hydrogen-bond donors (Lipinski definition) is 0. The maximum Gasteiger partial charge on any atom is 0.255 e. The average molecular weight is 275 g/mol. The molecule has 1 heterocycles. The van der Waals surface area contributed by atoms with E-state index >= 15 is 0 Å². The summed E-state index contributed by atoms with van der Waals surface area (Å²) < 4.78 is 0. The zero-order valence-corrected chi connectivity index (χ0v) is 11.9. The molecule has 1 aromatic rings. The highest BCUT2D eigenvalue weighted by Gasteiger charge is 2.21. The quantitative estimate of drug-likeness (QED) is 0.774. The number of halogens is 2. The predicted molar refractivity (Wildman–Crippen MR) is 70.7 cm³/mol. The second-order valence-electron chi connectivity index (χ2n) is 5.21. The van der Waals surface area contributed by atoms with Crippen LogP contribution >= 0.6 is 23.2 Å². The molecule has 0 radical (unpaired) electrons. The molecule has 0 unspecified atom stereocenters. The van der Waals surface area contributed by atoms with E-state index in [0.29, 0.717) is 17.1 Å². The third kappa shape index (κ3) is 4.17. The zero-order chi connectivity index (χ0) is 13.2. The molecule has 0 spiro atoms. The largest absolute Gasteiger partial charge is 0.341 e. The van der Waals surface area contributed by atoms with Crippen LogP contribution in [0.4, 0.5) is 0 Å². The highest BCUT2D eigenvalue weighted by Crippen LogP contribution is 2.21. The van der Waals surface area contributed by atoms with Crippen LogP contribution in [0.1, 0.15) is 31.1 Å². The van der Waals surface area contributed by atoms with Crippen LogP contribution < -0.4 is 0 Å². The lowest BCUT2D eigenvalue weighted by Gasteiger charge is -2.26. The van der Waals surface area contributed by atoms with Crippen molar-refractivity contribution in [2.45, 2.75) is 20.8 Å². The molecule has 5 heteroatoms. The van der Waals surface area contributed by atoms with Crippen molar-refractivity contribution in [3.8, 4) is 0 Å². The van der Waals surface area contributed by atoms with Crippen LogP contribution in [0.3, 0.4) is 0 Å². The van der Waals surface area contributed by atoms with Crippen molar-refractivity contribution in [3.05, 3.63) is 28.0 Å². The van der Waals surface area contributed by atoms with Gasteiger partial charge in [0.25, 0.3) is 5.91 Å². The van der Waals surface area contributed by atoms with Crippen molar-refractivity contribution in [3.63, 3.8) is 0 Å².